The molecule has 1 aromatic heterocycles. The van der Waals surface area contributed by atoms with Crippen LogP contribution in [0.4, 0.5) is 45.5 Å². The fourth-order valence-electron chi connectivity index (χ4n) is 5.73. The Morgan fingerprint density at radius 1 is 0.898 bits per heavy atom. The quantitative estimate of drug-likeness (QED) is 0.211. The van der Waals surface area contributed by atoms with Gasteiger partial charge in [-0.1, -0.05) is 18.1 Å². The Bertz CT molecular complexity index is 1550. The monoisotopic (exact) mass is 709 g/mol. The Morgan fingerprint density at radius 3 is 1.98 bits per heavy atom. The average molecular weight is 710 g/mol. The van der Waals surface area contributed by atoms with E-state index in [4.69, 9.17) is 4.74 Å². The second-order valence-electron chi connectivity index (χ2n) is 12.0. The largest absolute Gasteiger partial charge is 0.416 e. The van der Waals surface area contributed by atoms with Gasteiger partial charge in [-0.15, -0.1) is 5.10 Å². The van der Waals surface area contributed by atoms with Crippen LogP contribution in [0.5, 0.6) is 0 Å². The van der Waals surface area contributed by atoms with E-state index in [1.807, 2.05) is 6.92 Å². The number of hydrogen-bond acceptors (Lipinski definition) is 7. The summed E-state index contributed by atoms with van der Waals surface area (Å²) in [5, 5.41) is 11.6. The van der Waals surface area contributed by atoms with E-state index in [1.165, 1.54) is 22.9 Å². The highest BCUT2D eigenvalue weighted by molar-refractivity contribution is 5.76. The molecule has 0 aliphatic carbocycles. The van der Waals surface area contributed by atoms with E-state index in [0.29, 0.717) is 50.0 Å². The van der Waals surface area contributed by atoms with Crippen LogP contribution in [0.2, 0.25) is 0 Å². The minimum absolute atomic E-state index is 0.000497. The van der Waals surface area contributed by atoms with E-state index in [9.17, 15) is 44.3 Å². The van der Waals surface area contributed by atoms with Gasteiger partial charge in [0, 0.05) is 46.3 Å². The normalized spacial score (nSPS) is 15.8. The molecule has 0 N–H and O–H groups in total. The predicted molar refractivity (Wildman–Crippen MR) is 159 cm³/mol. The molecule has 3 aromatic rings. The number of alkyl halides is 9. The maximum absolute atomic E-state index is 14.0. The van der Waals surface area contributed by atoms with Gasteiger partial charge in [-0.25, -0.2) is 0 Å². The molecule has 0 bridgehead atoms. The Kier molecular flexibility index (Phi) is 11.5. The van der Waals surface area contributed by atoms with Crippen molar-refractivity contribution in [1.29, 1.82) is 0 Å². The number of likely N-dealkylation sites (tertiary alicyclic amines) is 1. The molecule has 1 atom stereocenters. The van der Waals surface area contributed by atoms with E-state index in [-0.39, 0.29) is 36.2 Å². The summed E-state index contributed by atoms with van der Waals surface area (Å²) in [7, 11) is 4.61. The van der Waals surface area contributed by atoms with Gasteiger partial charge in [-0.05, 0) is 71.5 Å². The molecule has 1 fully saturated rings. The fraction of sp³-hybridized carbons (Fsp3) is 0.548. The number of likely N-dealkylation sites (N-methyl/N-ethyl adjacent to an activating group) is 1. The summed E-state index contributed by atoms with van der Waals surface area (Å²) < 4.78 is 129. The summed E-state index contributed by atoms with van der Waals surface area (Å²) in [6.07, 6.45) is -13.6. The molecular weight excluding hydrogens is 673 g/mol. The number of hydrogen-bond donors (Lipinski definition) is 0. The highest BCUT2D eigenvalue weighted by Gasteiger charge is 2.38. The molecule has 18 heteroatoms. The maximum Gasteiger partial charge on any atom is 0.416 e. The molecule has 4 rings (SSSR count). The van der Waals surface area contributed by atoms with Crippen LogP contribution >= 0.6 is 0 Å². The summed E-state index contributed by atoms with van der Waals surface area (Å²) in [6, 6.07) is 3.93. The van der Waals surface area contributed by atoms with E-state index in [2.05, 4.69) is 20.3 Å². The summed E-state index contributed by atoms with van der Waals surface area (Å²) in [5.41, 5.74) is -3.84. The highest BCUT2D eigenvalue weighted by atomic mass is 19.4. The number of aryl methyl sites for hydroxylation is 1. The lowest BCUT2D eigenvalue weighted by Crippen LogP contribution is -2.40. The van der Waals surface area contributed by atoms with Crippen molar-refractivity contribution in [2.75, 3.05) is 38.7 Å². The standard InChI is InChI=1S/C31H36F9N7O2/c1-5-26(46-10-8-24(9-11-46)49-18-27(48)44(2)3)25-7-6-21(29(32,33)34)14-20(25)17-47(28-41-43-45(4)42-28)16-19-12-22(30(35,36)37)15-23(13-19)31(38,39)40/h6-7,12-15,24,26H,5,8-11,16-18H2,1-4H3. The number of aromatic nitrogens is 4. The number of carbonyl (C=O) groups excluding carboxylic acids is 1. The number of nitrogens with zero attached hydrogens (tertiary/aromatic N) is 7. The number of tetrazole rings is 1. The molecule has 1 unspecified atom stereocenters. The molecular formula is C31H36F9N7O2. The molecule has 1 aliphatic rings. The molecule has 1 saturated heterocycles. The lowest BCUT2D eigenvalue weighted by atomic mass is 9.92. The van der Waals surface area contributed by atoms with Gasteiger partial charge in [0.25, 0.3) is 5.95 Å². The van der Waals surface area contributed by atoms with Crippen LogP contribution in [-0.4, -0.2) is 75.8 Å². The first-order valence-corrected chi connectivity index (χ1v) is 15.3. The van der Waals surface area contributed by atoms with Crippen LogP contribution in [0.3, 0.4) is 0 Å². The van der Waals surface area contributed by atoms with E-state index < -0.39 is 59.9 Å². The molecule has 0 radical (unpaired) electrons. The lowest BCUT2D eigenvalue weighted by molar-refractivity contribution is -0.143. The number of halogens is 9. The Balaban J connectivity index is 1.70. The maximum atomic E-state index is 14.0. The highest BCUT2D eigenvalue weighted by Crippen LogP contribution is 2.39. The van der Waals surface area contributed by atoms with Gasteiger partial charge in [0.15, 0.2) is 0 Å². The Morgan fingerprint density at radius 2 is 1.49 bits per heavy atom. The zero-order chi connectivity index (χ0) is 36.3. The van der Waals surface area contributed by atoms with E-state index in [0.717, 1.165) is 16.9 Å². The van der Waals surface area contributed by atoms with Crippen LogP contribution in [0.25, 0.3) is 0 Å². The Hall–Kier alpha value is -3.93. The molecule has 49 heavy (non-hydrogen) atoms. The third kappa shape index (κ3) is 9.83. The van der Waals surface area contributed by atoms with Crippen molar-refractivity contribution in [2.24, 2.45) is 7.05 Å². The summed E-state index contributed by atoms with van der Waals surface area (Å²) in [6.45, 7) is 1.76. The van der Waals surface area contributed by atoms with Crippen LogP contribution in [0.1, 0.15) is 65.6 Å². The number of amides is 1. The smallest absolute Gasteiger partial charge is 0.368 e. The van der Waals surface area contributed by atoms with Crippen molar-refractivity contribution in [3.8, 4) is 0 Å². The van der Waals surface area contributed by atoms with Crippen molar-refractivity contribution < 1.29 is 49.0 Å². The van der Waals surface area contributed by atoms with Crippen molar-refractivity contribution in [2.45, 2.75) is 70.0 Å². The van der Waals surface area contributed by atoms with Gasteiger partial charge in [0.05, 0.1) is 29.8 Å². The predicted octanol–water partition coefficient (Wildman–Crippen LogP) is 6.49. The molecule has 9 nitrogen and oxygen atoms in total. The minimum atomic E-state index is -5.10. The number of ether oxygens (including phenoxy) is 1. The van der Waals surface area contributed by atoms with Gasteiger partial charge in [-0.3, -0.25) is 9.69 Å². The topological polar surface area (TPSA) is 79.6 Å². The van der Waals surface area contributed by atoms with Crippen LogP contribution in [-0.2, 0) is 48.2 Å². The molecule has 2 heterocycles. The minimum Gasteiger partial charge on any atom is -0.368 e. The lowest BCUT2D eigenvalue weighted by Gasteiger charge is -2.38. The molecule has 270 valence electrons. The molecule has 2 aromatic carbocycles. The first-order valence-electron chi connectivity index (χ1n) is 15.3. The van der Waals surface area contributed by atoms with Gasteiger partial charge >= 0.3 is 18.5 Å². The summed E-state index contributed by atoms with van der Waals surface area (Å²) in [4.78, 5) is 17.6. The average Bonchev–Trinajstić information content (AvgIpc) is 3.45. The van der Waals surface area contributed by atoms with Crippen molar-refractivity contribution in [3.05, 3.63) is 69.8 Å². The zero-order valence-electron chi connectivity index (χ0n) is 27.1. The molecule has 1 amide bonds. The fourth-order valence-corrected chi connectivity index (χ4v) is 5.73. The number of piperidine rings is 1. The molecule has 0 spiro atoms. The summed E-state index contributed by atoms with van der Waals surface area (Å²) >= 11 is 0. The third-order valence-corrected chi connectivity index (χ3v) is 8.24. The first kappa shape index (κ1) is 37.9. The van der Waals surface area contributed by atoms with Gasteiger partial charge < -0.3 is 14.5 Å². The molecule has 1 aliphatic heterocycles. The van der Waals surface area contributed by atoms with Crippen molar-refractivity contribution >= 4 is 11.9 Å². The SMILES string of the molecule is CCC(c1ccc(C(F)(F)F)cc1CN(Cc1cc(C(F)(F)F)cc(C(F)(F)F)c1)c1nnn(C)n1)N1CCC(OCC(=O)N(C)C)CC1. The summed E-state index contributed by atoms with van der Waals surface area (Å²) in [5.74, 6) is -0.403. The van der Waals surface area contributed by atoms with E-state index >= 15 is 0 Å². The van der Waals surface area contributed by atoms with Crippen LogP contribution < -0.4 is 4.90 Å². The van der Waals surface area contributed by atoms with E-state index in [1.54, 1.807) is 14.1 Å². The Labute approximate surface area is 276 Å². The van der Waals surface area contributed by atoms with Crippen LogP contribution in [0.15, 0.2) is 36.4 Å². The van der Waals surface area contributed by atoms with Crippen molar-refractivity contribution in [1.82, 2.24) is 30.0 Å². The second-order valence-corrected chi connectivity index (χ2v) is 12.0. The zero-order valence-corrected chi connectivity index (χ0v) is 27.1. The number of rotatable bonds is 11. The number of anilines is 1. The second kappa shape index (κ2) is 14.9. The number of carbonyl (C=O) groups is 1. The number of benzene rings is 2. The van der Waals surface area contributed by atoms with Gasteiger partial charge in [-0.2, -0.15) is 44.3 Å². The van der Waals surface area contributed by atoms with Gasteiger partial charge in [0.1, 0.15) is 6.61 Å². The van der Waals surface area contributed by atoms with Crippen molar-refractivity contribution in [3.63, 3.8) is 0 Å². The van der Waals surface area contributed by atoms with Crippen LogP contribution in [0, 0.1) is 0 Å². The molecule has 0 saturated carbocycles. The first-order chi connectivity index (χ1) is 22.8. The van der Waals surface area contributed by atoms with Gasteiger partial charge in [0.2, 0.25) is 5.91 Å². The third-order valence-electron chi connectivity index (χ3n) is 8.24.